The molecule has 34 heavy (non-hydrogen) atoms. The number of nitrogens with zero attached hydrogens (tertiary/aromatic N) is 2. The highest BCUT2D eigenvalue weighted by atomic mass is 16.5. The van der Waals surface area contributed by atoms with Crippen LogP contribution in [0.1, 0.15) is 36.1 Å². The summed E-state index contributed by atoms with van der Waals surface area (Å²) in [5, 5.41) is 21.5. The van der Waals surface area contributed by atoms with Gasteiger partial charge in [-0.1, -0.05) is 6.07 Å². The van der Waals surface area contributed by atoms with E-state index in [1.807, 2.05) is 25.1 Å². The number of benzene rings is 2. The van der Waals surface area contributed by atoms with Crippen molar-refractivity contribution >= 4 is 17.4 Å². The van der Waals surface area contributed by atoms with Crippen LogP contribution in [0.15, 0.2) is 42.0 Å². The number of aromatic hydroxyl groups is 1. The monoisotopic (exact) mass is 466 g/mol. The van der Waals surface area contributed by atoms with Crippen molar-refractivity contribution in [2.24, 2.45) is 0 Å². The van der Waals surface area contributed by atoms with Crippen LogP contribution in [-0.4, -0.2) is 72.1 Å². The number of carbonyl (C=O) groups excluding carboxylic acids is 2. The molecule has 0 saturated carbocycles. The first-order chi connectivity index (χ1) is 16.3. The van der Waals surface area contributed by atoms with E-state index >= 15 is 0 Å². The summed E-state index contributed by atoms with van der Waals surface area (Å²) in [5.74, 6) is -0.641. The molecule has 2 aromatic carbocycles. The molecule has 8 nitrogen and oxygen atoms in total. The summed E-state index contributed by atoms with van der Waals surface area (Å²) in [5.41, 5.74) is 2.01. The summed E-state index contributed by atoms with van der Waals surface area (Å²) in [6, 6.07) is 9.23. The van der Waals surface area contributed by atoms with E-state index in [1.165, 1.54) is 11.0 Å². The number of aliphatic hydroxyl groups excluding tert-OH is 1. The molecule has 180 valence electrons. The fourth-order valence-electron chi connectivity index (χ4n) is 4.40. The number of carbonyl (C=O) groups is 2. The third-order valence-corrected chi connectivity index (χ3v) is 6.11. The number of rotatable bonds is 7. The lowest BCUT2D eigenvalue weighted by atomic mass is 9.93. The summed E-state index contributed by atoms with van der Waals surface area (Å²) >= 11 is 0. The lowest BCUT2D eigenvalue weighted by Gasteiger charge is -2.27. The maximum Gasteiger partial charge on any atom is 0.295 e. The minimum absolute atomic E-state index is 0.0218. The van der Waals surface area contributed by atoms with Gasteiger partial charge >= 0.3 is 0 Å². The summed E-state index contributed by atoms with van der Waals surface area (Å²) in [6.45, 7) is 3.63. The van der Waals surface area contributed by atoms with Crippen LogP contribution in [0.25, 0.3) is 5.76 Å². The Morgan fingerprint density at radius 3 is 2.74 bits per heavy atom. The van der Waals surface area contributed by atoms with E-state index in [1.54, 1.807) is 31.2 Å². The van der Waals surface area contributed by atoms with Crippen molar-refractivity contribution in [2.75, 3.05) is 40.4 Å². The zero-order valence-electron chi connectivity index (χ0n) is 19.7. The topological polar surface area (TPSA) is 99.5 Å². The Kier molecular flexibility index (Phi) is 6.79. The van der Waals surface area contributed by atoms with E-state index in [0.717, 1.165) is 24.2 Å². The van der Waals surface area contributed by atoms with E-state index in [0.29, 0.717) is 37.4 Å². The normalized spacial score (nSPS) is 19.3. The van der Waals surface area contributed by atoms with Crippen molar-refractivity contribution in [1.29, 1.82) is 0 Å². The van der Waals surface area contributed by atoms with Crippen molar-refractivity contribution in [1.82, 2.24) is 9.80 Å². The number of phenols is 1. The third kappa shape index (κ3) is 4.46. The maximum atomic E-state index is 13.2. The number of likely N-dealkylation sites (N-methyl/N-ethyl adjacent to an activating group) is 1. The maximum absolute atomic E-state index is 13.2. The first-order valence-electron chi connectivity index (χ1n) is 11.5. The van der Waals surface area contributed by atoms with Gasteiger partial charge < -0.3 is 29.5 Å². The van der Waals surface area contributed by atoms with Crippen LogP contribution in [-0.2, 0) is 16.0 Å². The van der Waals surface area contributed by atoms with Crippen LogP contribution in [0.2, 0.25) is 0 Å². The first-order valence-corrected chi connectivity index (χ1v) is 11.5. The van der Waals surface area contributed by atoms with Crippen LogP contribution in [0.5, 0.6) is 17.2 Å². The van der Waals surface area contributed by atoms with Gasteiger partial charge in [0.1, 0.15) is 11.5 Å². The van der Waals surface area contributed by atoms with Crippen LogP contribution in [0, 0.1) is 0 Å². The smallest absolute Gasteiger partial charge is 0.295 e. The Morgan fingerprint density at radius 1 is 1.21 bits per heavy atom. The van der Waals surface area contributed by atoms with Crippen LogP contribution in [0.3, 0.4) is 0 Å². The quantitative estimate of drug-likeness (QED) is 0.367. The second kappa shape index (κ2) is 9.77. The van der Waals surface area contributed by atoms with Crippen LogP contribution < -0.4 is 9.47 Å². The number of Topliss-reactive ketones (excluding diaryl/α,β-unsaturated/α-hetero) is 1. The van der Waals surface area contributed by atoms with Gasteiger partial charge in [-0.3, -0.25) is 9.59 Å². The molecule has 4 rings (SSSR count). The number of aryl methyl sites for hydroxylation is 1. The number of fused-ring (bicyclic) bond motifs is 1. The predicted octanol–water partition coefficient (Wildman–Crippen LogP) is 3.10. The fourth-order valence-corrected chi connectivity index (χ4v) is 4.40. The third-order valence-electron chi connectivity index (χ3n) is 6.11. The Hall–Kier alpha value is -3.52. The van der Waals surface area contributed by atoms with Gasteiger partial charge in [-0.05, 0) is 75.3 Å². The summed E-state index contributed by atoms with van der Waals surface area (Å²) in [4.78, 5) is 29.7. The van der Waals surface area contributed by atoms with Gasteiger partial charge in [0, 0.05) is 18.7 Å². The van der Waals surface area contributed by atoms with Gasteiger partial charge in [0.2, 0.25) is 0 Å². The van der Waals surface area contributed by atoms with Gasteiger partial charge in [-0.2, -0.15) is 0 Å². The van der Waals surface area contributed by atoms with Crippen molar-refractivity contribution in [3.8, 4) is 17.2 Å². The molecule has 1 fully saturated rings. The van der Waals surface area contributed by atoms with Gasteiger partial charge in [-0.15, -0.1) is 0 Å². The van der Waals surface area contributed by atoms with Crippen LogP contribution in [0.4, 0.5) is 0 Å². The molecular formula is C26H30N2O6. The zero-order chi connectivity index (χ0) is 24.4. The Balaban J connectivity index is 1.84. The first kappa shape index (κ1) is 23.6. The number of hydrogen-bond donors (Lipinski definition) is 2. The SMILES string of the molecule is CCOc1cc(C2/C(=C(\O)c3ccc4c(c3)CCCO4)C(=O)C(=O)N2CCN(C)C)ccc1O. The number of ketones is 1. The molecule has 1 amide bonds. The van der Waals surface area contributed by atoms with E-state index in [-0.39, 0.29) is 22.8 Å². The Bertz CT molecular complexity index is 1140. The van der Waals surface area contributed by atoms with Gasteiger partial charge in [0.25, 0.3) is 11.7 Å². The molecule has 1 saturated heterocycles. The molecule has 0 bridgehead atoms. The van der Waals surface area contributed by atoms with E-state index in [9.17, 15) is 19.8 Å². The molecular weight excluding hydrogens is 436 g/mol. The second-order valence-corrected chi connectivity index (χ2v) is 8.73. The number of ether oxygens (including phenoxy) is 2. The molecule has 2 aliphatic rings. The number of amides is 1. The zero-order valence-corrected chi connectivity index (χ0v) is 19.7. The lowest BCUT2D eigenvalue weighted by Crippen LogP contribution is -2.35. The van der Waals surface area contributed by atoms with E-state index in [4.69, 9.17) is 9.47 Å². The van der Waals surface area contributed by atoms with E-state index < -0.39 is 17.7 Å². The Labute approximate surface area is 199 Å². The minimum Gasteiger partial charge on any atom is -0.507 e. The van der Waals surface area contributed by atoms with Gasteiger partial charge in [0.15, 0.2) is 11.5 Å². The number of hydrogen-bond acceptors (Lipinski definition) is 7. The standard InChI is InChI=1S/C26H30N2O6/c1-4-33-21-15-17(7-9-19(21)29)23-22(25(31)26(32)28(23)12-11-27(2)3)24(30)18-8-10-20-16(14-18)6-5-13-34-20/h7-10,14-15,23,29-30H,4-6,11-13H2,1-3H3/b24-22+. The molecule has 1 atom stereocenters. The average molecular weight is 467 g/mol. The number of aliphatic hydroxyl groups is 1. The van der Waals surface area contributed by atoms with Gasteiger partial charge in [0.05, 0.1) is 24.8 Å². The number of likely N-dealkylation sites (tertiary alicyclic amines) is 1. The molecule has 2 heterocycles. The van der Waals surface area contributed by atoms with Gasteiger partial charge in [-0.25, -0.2) is 0 Å². The predicted molar refractivity (Wildman–Crippen MR) is 127 cm³/mol. The fraction of sp³-hybridized carbons (Fsp3) is 0.385. The highest BCUT2D eigenvalue weighted by molar-refractivity contribution is 6.46. The molecule has 0 spiro atoms. The molecule has 1 unspecified atom stereocenters. The summed E-state index contributed by atoms with van der Waals surface area (Å²) in [7, 11) is 3.77. The van der Waals surface area contributed by atoms with Crippen molar-refractivity contribution < 1.29 is 29.3 Å². The Morgan fingerprint density at radius 2 is 2.00 bits per heavy atom. The highest BCUT2D eigenvalue weighted by Gasteiger charge is 2.46. The van der Waals surface area contributed by atoms with Crippen molar-refractivity contribution in [3.05, 3.63) is 58.7 Å². The summed E-state index contributed by atoms with van der Waals surface area (Å²) in [6.07, 6.45) is 1.69. The largest absolute Gasteiger partial charge is 0.507 e. The summed E-state index contributed by atoms with van der Waals surface area (Å²) < 4.78 is 11.2. The highest BCUT2D eigenvalue weighted by Crippen LogP contribution is 2.42. The molecule has 8 heteroatoms. The van der Waals surface area contributed by atoms with Crippen LogP contribution >= 0.6 is 0 Å². The minimum atomic E-state index is -0.813. The van der Waals surface area contributed by atoms with Crippen molar-refractivity contribution in [2.45, 2.75) is 25.8 Å². The molecule has 0 radical (unpaired) electrons. The second-order valence-electron chi connectivity index (χ2n) is 8.73. The number of phenolic OH excluding ortho intramolecular Hbond substituents is 1. The average Bonchev–Trinajstić information content (AvgIpc) is 3.08. The van der Waals surface area contributed by atoms with Crippen molar-refractivity contribution in [3.63, 3.8) is 0 Å². The molecule has 0 aliphatic carbocycles. The van der Waals surface area contributed by atoms with E-state index in [2.05, 4.69) is 0 Å². The molecule has 2 aromatic rings. The molecule has 2 aliphatic heterocycles. The molecule has 0 aromatic heterocycles. The molecule has 2 N–H and O–H groups in total. The lowest BCUT2D eigenvalue weighted by molar-refractivity contribution is -0.140.